The SMILES string of the molecule is CCNC(=NCC1CC1)NCCCc1cccc(F)c1.I. The third-order valence-electron chi connectivity index (χ3n) is 3.37. The summed E-state index contributed by atoms with van der Waals surface area (Å²) < 4.78 is 13.0. The van der Waals surface area contributed by atoms with Crippen LogP contribution in [0, 0.1) is 11.7 Å². The van der Waals surface area contributed by atoms with Crippen LogP contribution < -0.4 is 10.6 Å². The summed E-state index contributed by atoms with van der Waals surface area (Å²) in [4.78, 5) is 4.57. The first kappa shape index (κ1) is 18.2. The molecule has 0 amide bonds. The van der Waals surface area contributed by atoms with Gasteiger partial charge in [-0.3, -0.25) is 4.99 Å². The minimum Gasteiger partial charge on any atom is -0.357 e. The van der Waals surface area contributed by atoms with E-state index in [-0.39, 0.29) is 29.8 Å². The zero-order valence-corrected chi connectivity index (χ0v) is 14.9. The van der Waals surface area contributed by atoms with Gasteiger partial charge < -0.3 is 10.6 Å². The minimum atomic E-state index is -0.158. The number of hydrogen-bond donors (Lipinski definition) is 2. The molecule has 5 heteroatoms. The number of nitrogens with one attached hydrogen (secondary N) is 2. The van der Waals surface area contributed by atoms with Crippen LogP contribution in [-0.4, -0.2) is 25.6 Å². The lowest BCUT2D eigenvalue weighted by Gasteiger charge is -2.11. The fraction of sp³-hybridized carbons (Fsp3) is 0.562. The lowest BCUT2D eigenvalue weighted by atomic mass is 10.1. The van der Waals surface area contributed by atoms with E-state index in [0.29, 0.717) is 0 Å². The van der Waals surface area contributed by atoms with Gasteiger partial charge in [-0.1, -0.05) is 12.1 Å². The van der Waals surface area contributed by atoms with Crippen LogP contribution in [-0.2, 0) is 6.42 Å². The van der Waals surface area contributed by atoms with Gasteiger partial charge in [0.15, 0.2) is 5.96 Å². The van der Waals surface area contributed by atoms with Crippen LogP contribution in [0.1, 0.15) is 31.7 Å². The lowest BCUT2D eigenvalue weighted by molar-refractivity contribution is 0.624. The first-order valence-corrected chi connectivity index (χ1v) is 7.54. The minimum absolute atomic E-state index is 0. The largest absolute Gasteiger partial charge is 0.357 e. The lowest BCUT2D eigenvalue weighted by Crippen LogP contribution is -2.38. The van der Waals surface area contributed by atoms with Gasteiger partial charge in [0.25, 0.3) is 0 Å². The summed E-state index contributed by atoms with van der Waals surface area (Å²) in [5, 5.41) is 6.59. The summed E-state index contributed by atoms with van der Waals surface area (Å²) in [5.41, 5.74) is 1.05. The van der Waals surface area contributed by atoms with E-state index in [1.807, 2.05) is 6.07 Å². The second-order valence-corrected chi connectivity index (χ2v) is 5.32. The van der Waals surface area contributed by atoms with E-state index in [9.17, 15) is 4.39 Å². The van der Waals surface area contributed by atoms with Gasteiger partial charge in [-0.2, -0.15) is 0 Å². The van der Waals surface area contributed by atoms with Crippen molar-refractivity contribution in [3.63, 3.8) is 0 Å². The normalized spacial score (nSPS) is 14.5. The number of aryl methyl sites for hydroxylation is 1. The van der Waals surface area contributed by atoms with Crippen molar-refractivity contribution in [3.8, 4) is 0 Å². The molecule has 0 aliphatic heterocycles. The maximum absolute atomic E-state index is 13.0. The van der Waals surface area contributed by atoms with Crippen molar-refractivity contribution in [2.75, 3.05) is 19.6 Å². The predicted molar refractivity (Wildman–Crippen MR) is 96.8 cm³/mol. The molecule has 118 valence electrons. The van der Waals surface area contributed by atoms with Gasteiger partial charge in [-0.05, 0) is 56.2 Å². The molecule has 1 saturated carbocycles. The number of halogens is 2. The quantitative estimate of drug-likeness (QED) is 0.316. The van der Waals surface area contributed by atoms with Crippen molar-refractivity contribution in [1.29, 1.82) is 0 Å². The van der Waals surface area contributed by atoms with Crippen LogP contribution >= 0.6 is 24.0 Å². The molecule has 0 heterocycles. The second-order valence-electron chi connectivity index (χ2n) is 5.32. The van der Waals surface area contributed by atoms with Crippen LogP contribution in [0.4, 0.5) is 4.39 Å². The Morgan fingerprint density at radius 1 is 1.33 bits per heavy atom. The molecule has 1 aliphatic rings. The summed E-state index contributed by atoms with van der Waals surface area (Å²) >= 11 is 0. The molecule has 0 spiro atoms. The Kier molecular flexibility index (Phi) is 8.64. The van der Waals surface area contributed by atoms with Crippen molar-refractivity contribution in [2.24, 2.45) is 10.9 Å². The predicted octanol–water partition coefficient (Wildman–Crippen LogP) is 3.34. The smallest absolute Gasteiger partial charge is 0.191 e. The summed E-state index contributed by atoms with van der Waals surface area (Å²) in [5.74, 6) is 1.55. The Bertz CT molecular complexity index is 447. The van der Waals surface area contributed by atoms with Gasteiger partial charge in [-0.15, -0.1) is 24.0 Å². The Balaban J connectivity index is 0.00000220. The Labute approximate surface area is 143 Å². The highest BCUT2D eigenvalue weighted by Gasteiger charge is 2.20. The van der Waals surface area contributed by atoms with E-state index >= 15 is 0 Å². The van der Waals surface area contributed by atoms with E-state index < -0.39 is 0 Å². The van der Waals surface area contributed by atoms with E-state index in [0.717, 1.165) is 49.9 Å². The molecule has 1 aromatic rings. The van der Waals surface area contributed by atoms with Crippen LogP contribution in [0.5, 0.6) is 0 Å². The Morgan fingerprint density at radius 2 is 2.14 bits per heavy atom. The van der Waals surface area contributed by atoms with Crippen LogP contribution in [0.3, 0.4) is 0 Å². The number of rotatable bonds is 7. The molecule has 2 rings (SSSR count). The highest BCUT2D eigenvalue weighted by Crippen LogP contribution is 2.28. The zero-order valence-electron chi connectivity index (χ0n) is 12.6. The first-order valence-electron chi connectivity index (χ1n) is 7.54. The molecular formula is C16H25FIN3. The van der Waals surface area contributed by atoms with Gasteiger partial charge in [0.1, 0.15) is 5.82 Å². The topological polar surface area (TPSA) is 36.4 Å². The Hall–Kier alpha value is -0.850. The molecule has 0 atom stereocenters. The van der Waals surface area contributed by atoms with Gasteiger partial charge >= 0.3 is 0 Å². The molecule has 2 N–H and O–H groups in total. The molecule has 0 saturated heterocycles. The number of aliphatic imine (C=N–C) groups is 1. The summed E-state index contributed by atoms with van der Waals surface area (Å²) in [6, 6.07) is 6.82. The zero-order chi connectivity index (χ0) is 14.2. The molecule has 1 aromatic carbocycles. The fourth-order valence-corrected chi connectivity index (χ4v) is 2.05. The van der Waals surface area contributed by atoms with Crippen LogP contribution in [0.15, 0.2) is 29.3 Å². The van der Waals surface area contributed by atoms with E-state index in [1.165, 1.54) is 18.9 Å². The van der Waals surface area contributed by atoms with Crippen LogP contribution in [0.25, 0.3) is 0 Å². The standard InChI is InChI=1S/C16H24FN3.HI/c1-2-18-16(20-12-14-8-9-14)19-10-4-6-13-5-3-7-15(17)11-13;/h3,5,7,11,14H,2,4,6,8-10,12H2,1H3,(H2,18,19,20);1H. The summed E-state index contributed by atoms with van der Waals surface area (Å²) in [6.07, 6.45) is 4.50. The van der Waals surface area contributed by atoms with E-state index in [1.54, 1.807) is 12.1 Å². The molecule has 3 nitrogen and oxygen atoms in total. The highest BCUT2D eigenvalue weighted by atomic mass is 127. The monoisotopic (exact) mass is 405 g/mol. The summed E-state index contributed by atoms with van der Waals surface area (Å²) in [7, 11) is 0. The molecule has 0 unspecified atom stereocenters. The average molecular weight is 405 g/mol. The molecule has 21 heavy (non-hydrogen) atoms. The van der Waals surface area contributed by atoms with Crippen molar-refractivity contribution in [2.45, 2.75) is 32.6 Å². The average Bonchev–Trinajstić information content (AvgIpc) is 3.25. The van der Waals surface area contributed by atoms with Gasteiger partial charge in [-0.25, -0.2) is 4.39 Å². The van der Waals surface area contributed by atoms with Gasteiger partial charge in [0.2, 0.25) is 0 Å². The van der Waals surface area contributed by atoms with Crippen LogP contribution in [0.2, 0.25) is 0 Å². The number of hydrogen-bond acceptors (Lipinski definition) is 1. The molecule has 0 aromatic heterocycles. The molecule has 0 radical (unpaired) electrons. The van der Waals surface area contributed by atoms with Crippen molar-refractivity contribution in [3.05, 3.63) is 35.6 Å². The molecule has 1 fully saturated rings. The van der Waals surface area contributed by atoms with Crippen molar-refractivity contribution >= 4 is 29.9 Å². The van der Waals surface area contributed by atoms with Gasteiger partial charge in [0.05, 0.1) is 0 Å². The molecule has 1 aliphatic carbocycles. The number of nitrogens with zero attached hydrogens (tertiary/aromatic N) is 1. The van der Waals surface area contributed by atoms with E-state index in [4.69, 9.17) is 0 Å². The summed E-state index contributed by atoms with van der Waals surface area (Å²) in [6.45, 7) is 4.73. The highest BCUT2D eigenvalue weighted by molar-refractivity contribution is 14.0. The van der Waals surface area contributed by atoms with Gasteiger partial charge in [0, 0.05) is 19.6 Å². The second kappa shape index (κ2) is 9.97. The van der Waals surface area contributed by atoms with E-state index in [2.05, 4.69) is 22.5 Å². The third-order valence-corrected chi connectivity index (χ3v) is 3.37. The maximum atomic E-state index is 13.0. The Morgan fingerprint density at radius 3 is 2.81 bits per heavy atom. The van der Waals surface area contributed by atoms with Crippen molar-refractivity contribution in [1.82, 2.24) is 10.6 Å². The molecule has 0 bridgehead atoms. The third kappa shape index (κ3) is 7.64. The fourth-order valence-electron chi connectivity index (χ4n) is 2.05. The van der Waals surface area contributed by atoms with Crippen molar-refractivity contribution < 1.29 is 4.39 Å². The first-order chi connectivity index (χ1) is 9.78. The number of guanidine groups is 1. The molecular weight excluding hydrogens is 380 g/mol. The number of benzene rings is 1. The maximum Gasteiger partial charge on any atom is 0.191 e.